The van der Waals surface area contributed by atoms with Crippen LogP contribution in [0.3, 0.4) is 0 Å². The average molecular weight is 245 g/mol. The Morgan fingerprint density at radius 3 is 3.06 bits per heavy atom. The van der Waals surface area contributed by atoms with E-state index in [2.05, 4.69) is 15.1 Å². The minimum Gasteiger partial charge on any atom is -0.333 e. The number of pyridine rings is 1. The van der Waals surface area contributed by atoms with Crippen LogP contribution in [-0.2, 0) is 0 Å². The third-order valence-corrected chi connectivity index (χ3v) is 2.94. The predicted octanol–water partition coefficient (Wildman–Crippen LogP) is 2.15. The summed E-state index contributed by atoms with van der Waals surface area (Å²) in [7, 11) is 0. The minimum absolute atomic E-state index is 0.230. The van der Waals surface area contributed by atoms with Gasteiger partial charge in [-0.15, -0.1) is 0 Å². The van der Waals surface area contributed by atoms with Crippen LogP contribution >= 0.6 is 11.3 Å². The third kappa shape index (κ3) is 1.78. The lowest BCUT2D eigenvalue weighted by Gasteiger charge is -1.89. The van der Waals surface area contributed by atoms with E-state index in [1.54, 1.807) is 29.7 Å². The highest BCUT2D eigenvalue weighted by Gasteiger charge is 2.12. The van der Waals surface area contributed by atoms with E-state index in [9.17, 15) is 4.79 Å². The zero-order valence-electron chi connectivity index (χ0n) is 8.58. The minimum atomic E-state index is -0.243. The molecule has 1 N–H and O–H groups in total. The van der Waals surface area contributed by atoms with E-state index in [4.69, 9.17) is 4.52 Å². The van der Waals surface area contributed by atoms with Gasteiger partial charge in [0.15, 0.2) is 0 Å². The summed E-state index contributed by atoms with van der Waals surface area (Å²) in [6, 6.07) is 5.25. The standard InChI is InChI=1S/C11H7N3O2S/c15-10-8(2-1-4-12-10)11-13-9(14-16-11)7-3-5-17-6-7/h1-6H,(H,12,15). The molecule has 0 aliphatic rings. The topological polar surface area (TPSA) is 71.8 Å². The molecule has 84 valence electrons. The van der Waals surface area contributed by atoms with Crippen molar-refractivity contribution in [2.45, 2.75) is 0 Å². The van der Waals surface area contributed by atoms with Crippen molar-refractivity contribution in [3.63, 3.8) is 0 Å². The lowest BCUT2D eigenvalue weighted by atomic mass is 10.3. The number of H-pyrrole nitrogens is 1. The average Bonchev–Trinajstić information content (AvgIpc) is 3.00. The Bertz CT molecular complexity index is 685. The van der Waals surface area contributed by atoms with Crippen LogP contribution in [0.2, 0.25) is 0 Å². The molecule has 0 saturated carbocycles. The number of thiophene rings is 1. The molecule has 0 fully saturated rings. The fourth-order valence-corrected chi connectivity index (χ4v) is 2.07. The van der Waals surface area contributed by atoms with Gasteiger partial charge in [-0.05, 0) is 23.6 Å². The van der Waals surface area contributed by atoms with Gasteiger partial charge in [-0.2, -0.15) is 16.3 Å². The second kappa shape index (κ2) is 3.99. The monoisotopic (exact) mass is 245 g/mol. The summed E-state index contributed by atoms with van der Waals surface area (Å²) in [5, 5.41) is 7.70. The molecule has 0 radical (unpaired) electrons. The molecule has 0 aromatic carbocycles. The number of aromatic amines is 1. The molecule has 3 rings (SSSR count). The van der Waals surface area contributed by atoms with Gasteiger partial charge in [-0.3, -0.25) is 4.79 Å². The van der Waals surface area contributed by atoms with Gasteiger partial charge in [0.25, 0.3) is 11.4 Å². The Morgan fingerprint density at radius 2 is 2.29 bits per heavy atom. The zero-order chi connectivity index (χ0) is 11.7. The van der Waals surface area contributed by atoms with Crippen molar-refractivity contribution in [3.8, 4) is 22.8 Å². The van der Waals surface area contributed by atoms with Crippen LogP contribution in [0.4, 0.5) is 0 Å². The quantitative estimate of drug-likeness (QED) is 0.750. The van der Waals surface area contributed by atoms with E-state index in [-0.39, 0.29) is 11.4 Å². The third-order valence-electron chi connectivity index (χ3n) is 2.25. The van der Waals surface area contributed by atoms with Crippen molar-refractivity contribution in [1.82, 2.24) is 15.1 Å². The maximum atomic E-state index is 11.5. The van der Waals surface area contributed by atoms with Gasteiger partial charge >= 0.3 is 0 Å². The van der Waals surface area contributed by atoms with Crippen LogP contribution < -0.4 is 5.56 Å². The van der Waals surface area contributed by atoms with Gasteiger partial charge in [0, 0.05) is 17.1 Å². The lowest BCUT2D eigenvalue weighted by Crippen LogP contribution is -2.06. The fourth-order valence-electron chi connectivity index (χ4n) is 1.43. The van der Waals surface area contributed by atoms with E-state index in [0.29, 0.717) is 11.4 Å². The lowest BCUT2D eigenvalue weighted by molar-refractivity contribution is 0.432. The van der Waals surface area contributed by atoms with Crippen LogP contribution in [-0.4, -0.2) is 15.1 Å². The first-order valence-corrected chi connectivity index (χ1v) is 5.83. The highest BCUT2D eigenvalue weighted by Crippen LogP contribution is 2.21. The van der Waals surface area contributed by atoms with Crippen molar-refractivity contribution in [3.05, 3.63) is 45.5 Å². The zero-order valence-corrected chi connectivity index (χ0v) is 9.40. The van der Waals surface area contributed by atoms with Gasteiger partial charge in [0.2, 0.25) is 5.82 Å². The second-order valence-corrected chi connectivity index (χ2v) is 4.13. The van der Waals surface area contributed by atoms with Crippen molar-refractivity contribution < 1.29 is 4.52 Å². The molecule has 0 aliphatic heterocycles. The van der Waals surface area contributed by atoms with Crippen LogP contribution in [0.15, 0.2) is 44.5 Å². The molecule has 5 nitrogen and oxygen atoms in total. The number of rotatable bonds is 2. The normalized spacial score (nSPS) is 10.6. The molecule has 0 aliphatic carbocycles. The van der Waals surface area contributed by atoms with Gasteiger partial charge in [-0.1, -0.05) is 5.16 Å². The number of hydrogen-bond donors (Lipinski definition) is 1. The summed E-state index contributed by atoms with van der Waals surface area (Å²) in [4.78, 5) is 18.3. The summed E-state index contributed by atoms with van der Waals surface area (Å²) in [6.07, 6.45) is 1.56. The molecule has 0 unspecified atom stereocenters. The molecule has 0 saturated heterocycles. The molecule has 0 bridgehead atoms. The summed E-state index contributed by atoms with van der Waals surface area (Å²) in [6.45, 7) is 0. The van der Waals surface area contributed by atoms with Crippen LogP contribution in [0.5, 0.6) is 0 Å². The molecule has 0 spiro atoms. The van der Waals surface area contributed by atoms with E-state index in [0.717, 1.165) is 5.56 Å². The molecule has 0 atom stereocenters. The maximum Gasteiger partial charge on any atom is 0.263 e. The Balaban J connectivity index is 2.07. The highest BCUT2D eigenvalue weighted by molar-refractivity contribution is 7.08. The smallest absolute Gasteiger partial charge is 0.263 e. The van der Waals surface area contributed by atoms with Crippen molar-refractivity contribution in [1.29, 1.82) is 0 Å². The van der Waals surface area contributed by atoms with E-state index in [1.165, 1.54) is 0 Å². The van der Waals surface area contributed by atoms with E-state index in [1.807, 2.05) is 16.8 Å². The molecule has 3 aromatic heterocycles. The Hall–Kier alpha value is -2.21. The molecule has 3 heterocycles. The summed E-state index contributed by atoms with van der Waals surface area (Å²) >= 11 is 1.55. The van der Waals surface area contributed by atoms with Gasteiger partial charge < -0.3 is 9.51 Å². The second-order valence-electron chi connectivity index (χ2n) is 3.35. The molecule has 3 aromatic rings. The molecular weight excluding hydrogens is 238 g/mol. The largest absolute Gasteiger partial charge is 0.333 e. The number of nitrogens with one attached hydrogen (secondary N) is 1. The molecule has 0 amide bonds. The first-order valence-electron chi connectivity index (χ1n) is 4.89. The Labute approximate surface area is 99.8 Å². The van der Waals surface area contributed by atoms with Gasteiger partial charge in [-0.25, -0.2) is 0 Å². The van der Waals surface area contributed by atoms with E-state index >= 15 is 0 Å². The van der Waals surface area contributed by atoms with Crippen LogP contribution in [0, 0.1) is 0 Å². The first-order chi connectivity index (χ1) is 8.34. The summed E-state index contributed by atoms with van der Waals surface area (Å²) in [5.74, 6) is 0.720. The number of aromatic nitrogens is 3. The van der Waals surface area contributed by atoms with Gasteiger partial charge in [0.1, 0.15) is 5.56 Å². The maximum absolute atomic E-state index is 11.5. The van der Waals surface area contributed by atoms with Crippen LogP contribution in [0.25, 0.3) is 22.8 Å². The van der Waals surface area contributed by atoms with Crippen LogP contribution in [0.1, 0.15) is 0 Å². The number of hydrogen-bond acceptors (Lipinski definition) is 5. The first kappa shape index (κ1) is 9.98. The Kier molecular flexibility index (Phi) is 2.34. The summed E-state index contributed by atoms with van der Waals surface area (Å²) in [5.41, 5.74) is 1.02. The molecular formula is C11H7N3O2S. The van der Waals surface area contributed by atoms with E-state index < -0.39 is 0 Å². The predicted molar refractivity (Wildman–Crippen MR) is 63.7 cm³/mol. The highest BCUT2D eigenvalue weighted by atomic mass is 32.1. The molecule has 6 heteroatoms. The van der Waals surface area contributed by atoms with Crippen molar-refractivity contribution in [2.24, 2.45) is 0 Å². The van der Waals surface area contributed by atoms with Crippen molar-refractivity contribution >= 4 is 11.3 Å². The van der Waals surface area contributed by atoms with Crippen molar-refractivity contribution in [2.75, 3.05) is 0 Å². The van der Waals surface area contributed by atoms with Gasteiger partial charge in [0.05, 0.1) is 0 Å². The molecule has 17 heavy (non-hydrogen) atoms. The number of nitrogens with zero attached hydrogens (tertiary/aromatic N) is 2. The Morgan fingerprint density at radius 1 is 1.35 bits per heavy atom. The fraction of sp³-hybridized carbons (Fsp3) is 0. The summed E-state index contributed by atoms with van der Waals surface area (Å²) < 4.78 is 5.08. The SMILES string of the molecule is O=c1[nH]cccc1-c1nc(-c2ccsc2)no1.